The minimum atomic E-state index is -2.08. The van der Waals surface area contributed by atoms with Crippen LogP contribution in [0.15, 0.2) is 61.2 Å². The van der Waals surface area contributed by atoms with Crippen molar-refractivity contribution in [3.8, 4) is 0 Å². The summed E-state index contributed by atoms with van der Waals surface area (Å²) >= 11 is 0. The van der Waals surface area contributed by atoms with E-state index in [4.69, 9.17) is 0 Å². The molecule has 0 saturated heterocycles. The lowest BCUT2D eigenvalue weighted by atomic mass is 10.3. The van der Waals surface area contributed by atoms with Crippen LogP contribution in [0.1, 0.15) is 6.42 Å². The smallest absolute Gasteiger partial charge is 0.137 e. The number of hydrogen-bond acceptors (Lipinski definition) is 2. The van der Waals surface area contributed by atoms with Crippen LogP contribution in [0.4, 0.5) is 8.78 Å². The summed E-state index contributed by atoms with van der Waals surface area (Å²) in [5, 5.41) is 6.42. The maximum absolute atomic E-state index is 13.3. The van der Waals surface area contributed by atoms with E-state index in [1.54, 1.807) is 6.33 Å². The molecule has 0 N–H and O–H groups in total. The summed E-state index contributed by atoms with van der Waals surface area (Å²) in [4.78, 5) is 3.95. The molecule has 0 aliphatic rings. The standard InChI is InChI=1S/C18H19F2N3Si/c1-24(17-7-3-15(19)4-8-17,18-9-5-16(20)6-10-18)12-2-11-23-14-21-13-22-23/h3-10,13-14H,2,11-12H2,1H3. The molecule has 0 amide bonds. The molecule has 1 aromatic heterocycles. The van der Waals surface area contributed by atoms with E-state index in [1.165, 1.54) is 30.6 Å². The number of benzene rings is 2. The van der Waals surface area contributed by atoms with Crippen molar-refractivity contribution in [1.82, 2.24) is 14.8 Å². The Kier molecular flexibility index (Phi) is 4.85. The molecule has 2 aromatic carbocycles. The molecular weight excluding hydrogens is 324 g/mol. The first-order valence-electron chi connectivity index (χ1n) is 7.92. The highest BCUT2D eigenvalue weighted by Crippen LogP contribution is 2.15. The van der Waals surface area contributed by atoms with Crippen molar-refractivity contribution in [3.63, 3.8) is 0 Å². The number of rotatable bonds is 6. The van der Waals surface area contributed by atoms with E-state index in [2.05, 4.69) is 16.6 Å². The first-order valence-corrected chi connectivity index (χ1v) is 10.6. The third-order valence-electron chi connectivity index (χ3n) is 4.49. The molecule has 0 aliphatic carbocycles. The van der Waals surface area contributed by atoms with Crippen LogP contribution in [0.25, 0.3) is 0 Å². The highest BCUT2D eigenvalue weighted by atomic mass is 28.3. The molecule has 3 nitrogen and oxygen atoms in total. The highest BCUT2D eigenvalue weighted by molar-refractivity contribution is 7.01. The van der Waals surface area contributed by atoms with E-state index in [9.17, 15) is 8.78 Å². The van der Waals surface area contributed by atoms with Gasteiger partial charge in [0.05, 0.1) is 0 Å². The van der Waals surface area contributed by atoms with Crippen molar-refractivity contribution in [3.05, 3.63) is 72.8 Å². The number of nitrogens with zero attached hydrogens (tertiary/aromatic N) is 3. The average molecular weight is 343 g/mol. The van der Waals surface area contributed by atoms with E-state index in [0.717, 1.165) is 29.4 Å². The number of aryl methyl sites for hydroxylation is 1. The van der Waals surface area contributed by atoms with Gasteiger partial charge in [0.25, 0.3) is 0 Å². The van der Waals surface area contributed by atoms with Gasteiger partial charge in [0.15, 0.2) is 0 Å². The first-order chi connectivity index (χ1) is 11.6. The average Bonchev–Trinajstić information content (AvgIpc) is 3.09. The van der Waals surface area contributed by atoms with Crippen molar-refractivity contribution in [2.24, 2.45) is 0 Å². The minimum Gasteiger partial charge on any atom is -0.253 e. The van der Waals surface area contributed by atoms with E-state index in [-0.39, 0.29) is 11.6 Å². The fourth-order valence-electron chi connectivity index (χ4n) is 3.03. The van der Waals surface area contributed by atoms with Crippen LogP contribution in [0.5, 0.6) is 0 Å². The first kappa shape index (κ1) is 16.5. The van der Waals surface area contributed by atoms with Gasteiger partial charge in [0.2, 0.25) is 0 Å². The molecule has 0 bridgehead atoms. The topological polar surface area (TPSA) is 30.7 Å². The Morgan fingerprint density at radius 1 is 0.917 bits per heavy atom. The van der Waals surface area contributed by atoms with Gasteiger partial charge < -0.3 is 0 Å². The summed E-state index contributed by atoms with van der Waals surface area (Å²) in [7, 11) is -2.08. The lowest BCUT2D eigenvalue weighted by molar-refractivity contribution is 0.598. The Balaban J connectivity index is 1.87. The molecule has 1 heterocycles. The number of halogens is 2. The molecular formula is C18H19F2N3Si. The zero-order valence-corrected chi connectivity index (χ0v) is 14.5. The van der Waals surface area contributed by atoms with Gasteiger partial charge in [0.1, 0.15) is 32.4 Å². The molecule has 0 atom stereocenters. The molecule has 0 unspecified atom stereocenters. The van der Waals surface area contributed by atoms with Gasteiger partial charge in [-0.15, -0.1) is 0 Å². The molecule has 3 aromatic rings. The molecule has 6 heteroatoms. The van der Waals surface area contributed by atoms with E-state index in [0.29, 0.717) is 0 Å². The van der Waals surface area contributed by atoms with E-state index >= 15 is 0 Å². The van der Waals surface area contributed by atoms with Crippen molar-refractivity contribution in [1.29, 1.82) is 0 Å². The van der Waals surface area contributed by atoms with Crippen LogP contribution in [0.3, 0.4) is 0 Å². The van der Waals surface area contributed by atoms with Crippen LogP contribution in [-0.4, -0.2) is 22.8 Å². The monoisotopic (exact) mass is 343 g/mol. The quantitative estimate of drug-likeness (QED) is 0.645. The Bertz CT molecular complexity index is 726. The molecule has 3 rings (SSSR count). The van der Waals surface area contributed by atoms with Crippen molar-refractivity contribution in [2.75, 3.05) is 0 Å². The molecule has 0 aliphatic heterocycles. The predicted octanol–water partition coefficient (Wildman–Crippen LogP) is 2.84. The second-order valence-corrected chi connectivity index (χ2v) is 10.4. The summed E-state index contributed by atoms with van der Waals surface area (Å²) in [6.07, 6.45) is 4.16. The van der Waals surface area contributed by atoms with Gasteiger partial charge in [-0.2, -0.15) is 5.10 Å². The van der Waals surface area contributed by atoms with Crippen LogP contribution < -0.4 is 10.4 Å². The maximum Gasteiger partial charge on any atom is 0.137 e. The third kappa shape index (κ3) is 3.59. The Labute approximate surface area is 141 Å². The lowest BCUT2D eigenvalue weighted by Gasteiger charge is -2.29. The van der Waals surface area contributed by atoms with Crippen LogP contribution in [0, 0.1) is 11.6 Å². The van der Waals surface area contributed by atoms with Gasteiger partial charge in [0, 0.05) is 6.54 Å². The summed E-state index contributed by atoms with van der Waals surface area (Å²) in [5.74, 6) is -0.478. The van der Waals surface area contributed by atoms with E-state index < -0.39 is 8.07 Å². The van der Waals surface area contributed by atoms with Crippen LogP contribution in [-0.2, 0) is 6.54 Å². The molecule has 124 valence electrons. The Hall–Kier alpha value is -2.34. The summed E-state index contributed by atoms with van der Waals surface area (Å²) < 4.78 is 28.4. The molecule has 0 fully saturated rings. The normalized spacial score (nSPS) is 11.6. The zero-order valence-electron chi connectivity index (χ0n) is 13.5. The fraction of sp³-hybridized carbons (Fsp3) is 0.222. The van der Waals surface area contributed by atoms with Gasteiger partial charge in [-0.25, -0.2) is 13.8 Å². The largest absolute Gasteiger partial charge is 0.253 e. The Morgan fingerprint density at radius 2 is 1.46 bits per heavy atom. The summed E-state index contributed by atoms with van der Waals surface area (Å²) in [6, 6.07) is 14.4. The summed E-state index contributed by atoms with van der Waals surface area (Å²) in [5.41, 5.74) is 0. The van der Waals surface area contributed by atoms with Crippen LogP contribution >= 0.6 is 0 Å². The Morgan fingerprint density at radius 3 is 1.92 bits per heavy atom. The van der Waals surface area contributed by atoms with Crippen molar-refractivity contribution < 1.29 is 8.78 Å². The third-order valence-corrected chi connectivity index (χ3v) is 9.06. The van der Waals surface area contributed by atoms with Crippen molar-refractivity contribution >= 4 is 18.4 Å². The highest BCUT2D eigenvalue weighted by Gasteiger charge is 2.31. The minimum absolute atomic E-state index is 0.239. The molecule has 0 saturated carbocycles. The van der Waals surface area contributed by atoms with Gasteiger partial charge in [-0.1, -0.05) is 41.2 Å². The maximum atomic E-state index is 13.3. The zero-order chi connectivity index (χ0) is 17.0. The van der Waals surface area contributed by atoms with Crippen molar-refractivity contribution in [2.45, 2.75) is 25.6 Å². The van der Waals surface area contributed by atoms with Crippen LogP contribution in [0.2, 0.25) is 12.6 Å². The van der Waals surface area contributed by atoms with Gasteiger partial charge >= 0.3 is 0 Å². The lowest BCUT2D eigenvalue weighted by Crippen LogP contribution is -2.55. The second kappa shape index (κ2) is 7.05. The van der Waals surface area contributed by atoms with E-state index in [1.807, 2.05) is 28.9 Å². The molecule has 0 spiro atoms. The fourth-order valence-corrected chi connectivity index (χ4v) is 6.61. The summed E-state index contributed by atoms with van der Waals surface area (Å²) in [6.45, 7) is 3.03. The molecule has 0 radical (unpaired) electrons. The number of hydrogen-bond donors (Lipinski definition) is 0. The second-order valence-electron chi connectivity index (χ2n) is 6.11. The van der Waals surface area contributed by atoms with Gasteiger partial charge in [-0.05, 0) is 36.7 Å². The SMILES string of the molecule is C[Si](CCCn1cncn1)(c1ccc(F)cc1)c1ccc(F)cc1. The van der Waals surface area contributed by atoms with Gasteiger partial charge in [-0.3, -0.25) is 4.68 Å². The number of aromatic nitrogens is 3. The molecule has 24 heavy (non-hydrogen) atoms. The predicted molar refractivity (Wildman–Crippen MR) is 93.1 cm³/mol.